The normalized spacial score (nSPS) is 35.9. The Morgan fingerprint density at radius 3 is 2.27 bits per heavy atom. The molecule has 1 aliphatic heterocycles. The molecule has 5 fully saturated rings. The quantitative estimate of drug-likeness (QED) is 0.691. The first-order valence-electron chi connectivity index (χ1n) is 11.8. The molecule has 33 heavy (non-hydrogen) atoms. The lowest BCUT2D eigenvalue weighted by Crippen LogP contribution is -2.69. The van der Waals surface area contributed by atoms with Gasteiger partial charge in [0.15, 0.2) is 0 Å². The summed E-state index contributed by atoms with van der Waals surface area (Å²) in [6, 6.07) is 10.6. The molecule has 0 spiro atoms. The van der Waals surface area contributed by atoms with Gasteiger partial charge in [-0.05, 0) is 68.1 Å². The highest BCUT2D eigenvalue weighted by atomic mass is 19.3. The number of rotatable bonds is 6. The van der Waals surface area contributed by atoms with Crippen molar-refractivity contribution in [1.29, 1.82) is 10.5 Å². The van der Waals surface area contributed by atoms with Crippen molar-refractivity contribution in [3.8, 4) is 12.1 Å². The van der Waals surface area contributed by atoms with Crippen LogP contribution in [0.1, 0.15) is 56.1 Å². The Morgan fingerprint density at radius 1 is 1.03 bits per heavy atom. The third-order valence-electron chi connectivity index (χ3n) is 8.17. The first-order valence-corrected chi connectivity index (χ1v) is 11.8. The number of nitrogens with zero attached hydrogens (tertiary/aromatic N) is 3. The Morgan fingerprint density at radius 2 is 1.67 bits per heavy atom. The van der Waals surface area contributed by atoms with Crippen molar-refractivity contribution in [2.45, 2.75) is 74.5 Å². The molecule has 1 aromatic carbocycles. The number of hydrogen-bond acceptors (Lipinski definition) is 5. The van der Waals surface area contributed by atoms with Gasteiger partial charge in [-0.15, -0.1) is 0 Å². The highest BCUT2D eigenvalue weighted by Crippen LogP contribution is 2.57. The van der Waals surface area contributed by atoms with Gasteiger partial charge in [-0.25, -0.2) is 8.78 Å². The van der Waals surface area contributed by atoms with E-state index in [4.69, 9.17) is 5.26 Å². The predicted octanol–water partition coefficient (Wildman–Crippen LogP) is 3.09. The maximum Gasteiger partial charge on any atom is 0.268 e. The fourth-order valence-corrected chi connectivity index (χ4v) is 7.22. The molecule has 5 aliphatic rings. The summed E-state index contributed by atoms with van der Waals surface area (Å²) in [6.07, 6.45) is 5.80. The van der Waals surface area contributed by atoms with Crippen molar-refractivity contribution in [2.24, 2.45) is 11.8 Å². The zero-order valence-corrected chi connectivity index (χ0v) is 18.6. The maximum atomic E-state index is 13.8. The molecule has 6 rings (SSSR count). The molecule has 4 saturated carbocycles. The van der Waals surface area contributed by atoms with Crippen LogP contribution in [0.3, 0.4) is 0 Å². The molecule has 6 nitrogen and oxygen atoms in total. The van der Waals surface area contributed by atoms with E-state index < -0.39 is 30.8 Å². The van der Waals surface area contributed by atoms with E-state index in [1.165, 1.54) is 6.42 Å². The third-order valence-corrected chi connectivity index (χ3v) is 8.17. The molecule has 4 aliphatic carbocycles. The summed E-state index contributed by atoms with van der Waals surface area (Å²) in [5.74, 6) is -2.22. The first-order chi connectivity index (χ1) is 15.7. The third kappa shape index (κ3) is 4.35. The Kier molecular flexibility index (Phi) is 5.42. The molecule has 3 atom stereocenters. The van der Waals surface area contributed by atoms with Crippen molar-refractivity contribution in [3.63, 3.8) is 0 Å². The summed E-state index contributed by atoms with van der Waals surface area (Å²) < 4.78 is 27.5. The van der Waals surface area contributed by atoms with E-state index in [0.717, 1.165) is 49.1 Å². The lowest BCUT2D eigenvalue weighted by Gasteiger charge is -2.62. The van der Waals surface area contributed by atoms with E-state index in [-0.39, 0.29) is 17.6 Å². The zero-order chi connectivity index (χ0) is 23.3. The van der Waals surface area contributed by atoms with Gasteiger partial charge in [-0.1, -0.05) is 12.1 Å². The van der Waals surface area contributed by atoms with Crippen LogP contribution in [0.2, 0.25) is 0 Å². The fourth-order valence-electron chi connectivity index (χ4n) is 7.22. The highest BCUT2D eigenvalue weighted by molar-refractivity contribution is 5.79. The largest absolute Gasteiger partial charge is 0.319 e. The van der Waals surface area contributed by atoms with E-state index in [1.807, 2.05) is 30.3 Å². The highest BCUT2D eigenvalue weighted by Gasteiger charge is 2.57. The van der Waals surface area contributed by atoms with E-state index in [2.05, 4.69) is 16.7 Å². The van der Waals surface area contributed by atoms with Crippen LogP contribution in [0, 0.1) is 34.5 Å². The summed E-state index contributed by atoms with van der Waals surface area (Å²) >= 11 is 0. The van der Waals surface area contributed by atoms with Gasteiger partial charge in [-0.3, -0.25) is 4.79 Å². The molecule has 1 amide bonds. The monoisotopic (exact) mass is 453 g/mol. The van der Waals surface area contributed by atoms with Crippen molar-refractivity contribution in [1.82, 2.24) is 15.5 Å². The topological polar surface area (TPSA) is 91.9 Å². The first kappa shape index (κ1) is 22.3. The van der Waals surface area contributed by atoms with Crippen molar-refractivity contribution in [2.75, 3.05) is 13.1 Å². The van der Waals surface area contributed by atoms with Gasteiger partial charge in [0.25, 0.3) is 5.92 Å². The van der Waals surface area contributed by atoms with Crippen LogP contribution in [-0.4, -0.2) is 46.9 Å². The fraction of sp³-hybridized carbons (Fsp3) is 0.640. The summed E-state index contributed by atoms with van der Waals surface area (Å²) in [7, 11) is 0. The van der Waals surface area contributed by atoms with Gasteiger partial charge >= 0.3 is 0 Å². The number of halogens is 2. The number of amides is 1. The second-order valence-corrected chi connectivity index (χ2v) is 10.8. The SMILES string of the molecule is N#Cc1ccc(CNC23CC4CC(CC(NCC(=O)N5CC(F)(F)C[C@H]5C#N)(C4)C2)C3)cc1. The molecule has 2 N–H and O–H groups in total. The number of nitriles is 2. The van der Waals surface area contributed by atoms with Crippen LogP contribution in [0.25, 0.3) is 0 Å². The average molecular weight is 454 g/mol. The number of nitrogens with one attached hydrogen (secondary N) is 2. The van der Waals surface area contributed by atoms with Crippen LogP contribution in [0.4, 0.5) is 8.78 Å². The Hall–Kier alpha value is -2.55. The molecular weight excluding hydrogens is 424 g/mol. The van der Waals surface area contributed by atoms with Crippen LogP contribution in [0.5, 0.6) is 0 Å². The van der Waals surface area contributed by atoms with Gasteiger partial charge in [0.2, 0.25) is 5.91 Å². The Labute approximate surface area is 192 Å². The van der Waals surface area contributed by atoms with Crippen molar-refractivity contribution in [3.05, 3.63) is 35.4 Å². The molecule has 1 saturated heterocycles. The molecule has 0 aromatic heterocycles. The lowest BCUT2D eigenvalue weighted by molar-refractivity contribution is -0.133. The van der Waals surface area contributed by atoms with E-state index in [1.54, 1.807) is 0 Å². The standard InChI is InChI=1S/C25H29F2N5O/c26-25(27)10-21(12-29)32(16-25)22(33)14-31-24-8-19-5-20(9-24)7-23(6-19,15-24)30-13-18-3-1-17(11-28)2-4-18/h1-4,19-21,30-31H,5-10,13-16H2/t19?,20?,21-,23?,24?/m0/s1. The number of likely N-dealkylation sites (tertiary alicyclic amines) is 1. The molecule has 8 heteroatoms. The van der Waals surface area contributed by atoms with Gasteiger partial charge in [-0.2, -0.15) is 10.5 Å². The summed E-state index contributed by atoms with van der Waals surface area (Å²) in [6.45, 7) is 0.0619. The Balaban J connectivity index is 1.25. The lowest BCUT2D eigenvalue weighted by atomic mass is 9.50. The van der Waals surface area contributed by atoms with E-state index in [9.17, 15) is 18.8 Å². The number of carbonyl (C=O) groups excluding carboxylic acids is 1. The van der Waals surface area contributed by atoms with Gasteiger partial charge in [0.1, 0.15) is 6.04 Å². The minimum atomic E-state index is -2.99. The van der Waals surface area contributed by atoms with E-state index >= 15 is 0 Å². The maximum absolute atomic E-state index is 13.8. The van der Waals surface area contributed by atoms with Gasteiger partial charge < -0.3 is 15.5 Å². The number of alkyl halides is 2. The van der Waals surface area contributed by atoms with Crippen LogP contribution < -0.4 is 10.6 Å². The zero-order valence-electron chi connectivity index (χ0n) is 18.6. The van der Waals surface area contributed by atoms with E-state index in [0.29, 0.717) is 17.4 Å². The molecule has 2 unspecified atom stereocenters. The van der Waals surface area contributed by atoms with Crippen LogP contribution >= 0.6 is 0 Å². The van der Waals surface area contributed by atoms with Crippen molar-refractivity contribution < 1.29 is 13.6 Å². The molecular formula is C25H29F2N5O. The summed E-state index contributed by atoms with van der Waals surface area (Å²) in [5.41, 5.74) is 1.63. The minimum absolute atomic E-state index is 0.000593. The second-order valence-electron chi connectivity index (χ2n) is 10.8. The molecule has 1 aromatic rings. The second kappa shape index (κ2) is 8.04. The summed E-state index contributed by atoms with van der Waals surface area (Å²) in [5, 5.41) is 25.5. The smallest absolute Gasteiger partial charge is 0.268 e. The molecule has 1 heterocycles. The van der Waals surface area contributed by atoms with Gasteiger partial charge in [0, 0.05) is 24.0 Å². The number of carbonyl (C=O) groups is 1. The van der Waals surface area contributed by atoms with Crippen LogP contribution in [0.15, 0.2) is 24.3 Å². The average Bonchev–Trinajstić information content (AvgIpc) is 3.10. The number of benzene rings is 1. The minimum Gasteiger partial charge on any atom is -0.319 e. The molecule has 0 radical (unpaired) electrons. The molecule has 4 bridgehead atoms. The van der Waals surface area contributed by atoms with Crippen molar-refractivity contribution >= 4 is 5.91 Å². The number of hydrogen-bond donors (Lipinski definition) is 2. The summed E-state index contributed by atoms with van der Waals surface area (Å²) in [4.78, 5) is 13.8. The predicted molar refractivity (Wildman–Crippen MR) is 117 cm³/mol. The molecule has 174 valence electrons. The Bertz CT molecular complexity index is 997. The van der Waals surface area contributed by atoms with Gasteiger partial charge in [0.05, 0.1) is 30.8 Å². The van der Waals surface area contributed by atoms with Crippen LogP contribution in [-0.2, 0) is 11.3 Å².